The van der Waals surface area contributed by atoms with Crippen LogP contribution in [-0.2, 0) is 13.0 Å². The van der Waals surface area contributed by atoms with E-state index >= 15 is 0 Å². The highest BCUT2D eigenvalue weighted by molar-refractivity contribution is 7.20. The van der Waals surface area contributed by atoms with Gasteiger partial charge in [0.25, 0.3) is 5.91 Å². The maximum absolute atomic E-state index is 11.7. The van der Waals surface area contributed by atoms with Crippen molar-refractivity contribution in [3.8, 4) is 0 Å². The van der Waals surface area contributed by atoms with Gasteiger partial charge in [0, 0.05) is 17.3 Å². The summed E-state index contributed by atoms with van der Waals surface area (Å²) in [7, 11) is 0. The first-order valence-electron chi connectivity index (χ1n) is 9.52. The number of rotatable bonds is 7. The van der Waals surface area contributed by atoms with E-state index in [2.05, 4.69) is 66.0 Å². The highest BCUT2D eigenvalue weighted by Gasteiger charge is 2.13. The molecule has 0 radical (unpaired) electrons. The van der Waals surface area contributed by atoms with Gasteiger partial charge in [0.1, 0.15) is 0 Å². The van der Waals surface area contributed by atoms with Crippen molar-refractivity contribution in [3.05, 3.63) is 106 Å². The lowest BCUT2D eigenvalue weighted by molar-refractivity contribution is 0.0711. The molecule has 0 aliphatic heterocycles. The third kappa shape index (κ3) is 4.71. The van der Waals surface area contributed by atoms with Crippen molar-refractivity contribution in [1.82, 2.24) is 10.8 Å². The van der Waals surface area contributed by atoms with Gasteiger partial charge in [-0.05, 0) is 40.6 Å². The van der Waals surface area contributed by atoms with Crippen molar-refractivity contribution in [2.45, 2.75) is 19.0 Å². The minimum atomic E-state index is -0.474. The maximum Gasteiger partial charge on any atom is 0.284 e. The molecular formula is C24H22N2O2S. The first kappa shape index (κ1) is 19.3. The van der Waals surface area contributed by atoms with Gasteiger partial charge in [0.05, 0.1) is 4.88 Å². The lowest BCUT2D eigenvalue weighted by atomic mass is 9.98. The molecular weight excluding hydrogens is 380 g/mol. The number of carbonyl (C=O) groups is 1. The van der Waals surface area contributed by atoms with E-state index in [0.717, 1.165) is 28.6 Å². The number of hydroxylamine groups is 1. The van der Waals surface area contributed by atoms with Crippen LogP contribution in [0.25, 0.3) is 10.1 Å². The first-order chi connectivity index (χ1) is 14.2. The average Bonchev–Trinajstić information content (AvgIpc) is 3.21. The molecule has 4 nitrogen and oxygen atoms in total. The lowest BCUT2D eigenvalue weighted by Gasteiger charge is -2.20. The predicted molar refractivity (Wildman–Crippen MR) is 117 cm³/mol. The molecule has 0 aliphatic carbocycles. The molecule has 4 rings (SSSR count). The monoisotopic (exact) mass is 402 g/mol. The molecule has 0 bridgehead atoms. The smallest absolute Gasteiger partial charge is 0.284 e. The summed E-state index contributed by atoms with van der Waals surface area (Å²) in [6, 6.07) is 29.2. The summed E-state index contributed by atoms with van der Waals surface area (Å²) in [6.45, 7) is 0.724. The Kier molecular flexibility index (Phi) is 6.00. The van der Waals surface area contributed by atoms with Crippen LogP contribution in [0, 0.1) is 0 Å². The molecule has 0 saturated carbocycles. The van der Waals surface area contributed by atoms with Gasteiger partial charge >= 0.3 is 0 Å². The predicted octanol–water partition coefficient (Wildman–Crippen LogP) is 5.09. The fourth-order valence-electron chi connectivity index (χ4n) is 3.44. The van der Waals surface area contributed by atoms with Crippen LogP contribution in [-0.4, -0.2) is 11.1 Å². The molecule has 3 aromatic carbocycles. The zero-order chi connectivity index (χ0) is 20.1. The standard InChI is InChI=1S/C24H22N2O2S/c27-24(26-28)23-15-20-12-11-18(14-22(20)29-23)16-25-21(19-9-5-2-6-10-19)13-17-7-3-1-4-8-17/h1-12,14-15,21,25,28H,13,16H2,(H,26,27). The van der Waals surface area contributed by atoms with Gasteiger partial charge in [-0.2, -0.15) is 0 Å². The molecule has 0 saturated heterocycles. The van der Waals surface area contributed by atoms with E-state index in [0.29, 0.717) is 4.88 Å². The van der Waals surface area contributed by atoms with Crippen molar-refractivity contribution in [2.75, 3.05) is 0 Å². The number of thiophene rings is 1. The molecule has 0 fully saturated rings. The second-order valence-corrected chi connectivity index (χ2v) is 8.04. The molecule has 0 aliphatic rings. The second-order valence-electron chi connectivity index (χ2n) is 6.96. The van der Waals surface area contributed by atoms with Crippen molar-refractivity contribution in [1.29, 1.82) is 0 Å². The van der Waals surface area contributed by atoms with Crippen LogP contribution >= 0.6 is 11.3 Å². The molecule has 1 amide bonds. The summed E-state index contributed by atoms with van der Waals surface area (Å²) >= 11 is 1.38. The van der Waals surface area contributed by atoms with Crippen LogP contribution in [0.5, 0.6) is 0 Å². The molecule has 1 unspecified atom stereocenters. The molecule has 146 valence electrons. The van der Waals surface area contributed by atoms with Gasteiger partial charge in [-0.1, -0.05) is 72.8 Å². The zero-order valence-corrected chi connectivity index (χ0v) is 16.7. The summed E-state index contributed by atoms with van der Waals surface area (Å²) in [6.07, 6.45) is 0.910. The topological polar surface area (TPSA) is 61.4 Å². The first-order valence-corrected chi connectivity index (χ1v) is 10.3. The van der Waals surface area contributed by atoms with E-state index in [1.165, 1.54) is 22.5 Å². The summed E-state index contributed by atoms with van der Waals surface area (Å²) in [5.41, 5.74) is 5.41. The Bertz CT molecular complexity index is 1090. The number of nitrogens with one attached hydrogen (secondary N) is 2. The Labute approximate surface area is 173 Å². The minimum absolute atomic E-state index is 0.202. The van der Waals surface area contributed by atoms with E-state index in [1.807, 2.05) is 18.2 Å². The Morgan fingerprint density at radius 1 is 0.897 bits per heavy atom. The molecule has 1 heterocycles. The minimum Gasteiger partial charge on any atom is -0.306 e. The number of fused-ring (bicyclic) bond motifs is 1. The van der Waals surface area contributed by atoms with Crippen LogP contribution in [0.2, 0.25) is 0 Å². The normalized spacial score (nSPS) is 12.0. The second kappa shape index (κ2) is 9.01. The molecule has 3 N–H and O–H groups in total. The van der Waals surface area contributed by atoms with Crippen LogP contribution < -0.4 is 10.8 Å². The Hall–Kier alpha value is -2.99. The third-order valence-corrected chi connectivity index (χ3v) is 6.04. The molecule has 5 heteroatoms. The molecule has 29 heavy (non-hydrogen) atoms. The summed E-state index contributed by atoms with van der Waals surface area (Å²) in [4.78, 5) is 12.1. The van der Waals surface area contributed by atoms with Gasteiger partial charge in [-0.3, -0.25) is 10.0 Å². The third-order valence-electron chi connectivity index (χ3n) is 4.95. The van der Waals surface area contributed by atoms with E-state index in [1.54, 1.807) is 11.5 Å². The summed E-state index contributed by atoms with van der Waals surface area (Å²) in [5, 5.41) is 13.5. The largest absolute Gasteiger partial charge is 0.306 e. The van der Waals surface area contributed by atoms with Gasteiger partial charge in [-0.25, -0.2) is 5.48 Å². The van der Waals surface area contributed by atoms with Gasteiger partial charge in [-0.15, -0.1) is 11.3 Å². The number of hydrogen-bond donors (Lipinski definition) is 3. The molecule has 4 aromatic rings. The SMILES string of the molecule is O=C(NO)c1cc2ccc(CNC(Cc3ccccc3)c3ccccc3)cc2s1. The Morgan fingerprint density at radius 2 is 1.62 bits per heavy atom. The number of carbonyl (C=O) groups excluding carboxylic acids is 1. The highest BCUT2D eigenvalue weighted by Crippen LogP contribution is 2.27. The van der Waals surface area contributed by atoms with Crippen molar-refractivity contribution in [3.63, 3.8) is 0 Å². The molecule has 1 aromatic heterocycles. The van der Waals surface area contributed by atoms with Crippen LogP contribution in [0.4, 0.5) is 0 Å². The van der Waals surface area contributed by atoms with E-state index in [-0.39, 0.29) is 6.04 Å². The van der Waals surface area contributed by atoms with Crippen molar-refractivity contribution in [2.24, 2.45) is 0 Å². The Morgan fingerprint density at radius 3 is 2.34 bits per heavy atom. The zero-order valence-electron chi connectivity index (χ0n) is 15.8. The van der Waals surface area contributed by atoms with Gasteiger partial charge in [0.2, 0.25) is 0 Å². The number of benzene rings is 3. The number of amides is 1. The molecule has 1 atom stereocenters. The Balaban J connectivity index is 1.52. The van der Waals surface area contributed by atoms with Gasteiger partial charge in [0.15, 0.2) is 0 Å². The number of hydrogen-bond acceptors (Lipinski definition) is 4. The van der Waals surface area contributed by atoms with E-state index in [4.69, 9.17) is 5.21 Å². The average molecular weight is 403 g/mol. The van der Waals surface area contributed by atoms with Gasteiger partial charge < -0.3 is 5.32 Å². The van der Waals surface area contributed by atoms with E-state index < -0.39 is 5.91 Å². The highest BCUT2D eigenvalue weighted by atomic mass is 32.1. The van der Waals surface area contributed by atoms with Crippen LogP contribution in [0.15, 0.2) is 84.9 Å². The van der Waals surface area contributed by atoms with Crippen molar-refractivity contribution < 1.29 is 10.0 Å². The van der Waals surface area contributed by atoms with E-state index in [9.17, 15) is 4.79 Å². The quantitative estimate of drug-likeness (QED) is 0.298. The summed E-state index contributed by atoms with van der Waals surface area (Å²) in [5.74, 6) is -0.474. The van der Waals surface area contributed by atoms with Crippen molar-refractivity contribution >= 4 is 27.3 Å². The lowest BCUT2D eigenvalue weighted by Crippen LogP contribution is -2.23. The fraction of sp³-hybridized carbons (Fsp3) is 0.125. The fourth-order valence-corrected chi connectivity index (χ4v) is 4.45. The van der Waals surface area contributed by atoms with Crippen LogP contribution in [0.3, 0.4) is 0 Å². The van der Waals surface area contributed by atoms with Crippen LogP contribution in [0.1, 0.15) is 32.4 Å². The summed E-state index contributed by atoms with van der Waals surface area (Å²) < 4.78 is 1.03. The maximum atomic E-state index is 11.7. The molecule has 0 spiro atoms.